The van der Waals surface area contributed by atoms with Crippen LogP contribution in [0.4, 0.5) is 0 Å². The van der Waals surface area contributed by atoms with Gasteiger partial charge in [0.2, 0.25) is 5.76 Å². The lowest BCUT2D eigenvalue weighted by atomic mass is 10.3. The number of aromatic nitrogens is 2. The lowest BCUT2D eigenvalue weighted by Crippen LogP contribution is -2.22. The van der Waals surface area contributed by atoms with E-state index in [0.29, 0.717) is 6.54 Å². The van der Waals surface area contributed by atoms with Crippen LogP contribution in [0, 0.1) is 0 Å². The molecule has 2 rings (SSSR count). The van der Waals surface area contributed by atoms with Crippen molar-refractivity contribution in [1.29, 1.82) is 0 Å². The number of nitrogens with one attached hydrogen (secondary N) is 1. The van der Waals surface area contributed by atoms with E-state index >= 15 is 0 Å². The van der Waals surface area contributed by atoms with Crippen LogP contribution >= 0.6 is 0 Å². The van der Waals surface area contributed by atoms with Gasteiger partial charge in [-0.05, 0) is 16.8 Å². The van der Waals surface area contributed by atoms with Gasteiger partial charge in [0.25, 0.3) is 11.8 Å². The van der Waals surface area contributed by atoms with Crippen molar-refractivity contribution in [3.8, 4) is 5.88 Å². The first-order valence-electron chi connectivity index (χ1n) is 4.97. The van der Waals surface area contributed by atoms with Crippen molar-refractivity contribution in [2.24, 2.45) is 0 Å². The van der Waals surface area contributed by atoms with Gasteiger partial charge in [0, 0.05) is 18.9 Å². The summed E-state index contributed by atoms with van der Waals surface area (Å²) in [5.74, 6) is 0.0481. The summed E-state index contributed by atoms with van der Waals surface area (Å²) in [7, 11) is 1.45. The minimum absolute atomic E-state index is 0.116. The molecule has 0 radical (unpaired) electrons. The van der Waals surface area contributed by atoms with Gasteiger partial charge in [0.1, 0.15) is 0 Å². The summed E-state index contributed by atoms with van der Waals surface area (Å²) in [6.07, 6.45) is 3.36. The van der Waals surface area contributed by atoms with Crippen molar-refractivity contribution in [1.82, 2.24) is 15.5 Å². The summed E-state index contributed by atoms with van der Waals surface area (Å²) < 4.78 is 9.62. The van der Waals surface area contributed by atoms with Crippen LogP contribution in [0.1, 0.15) is 16.1 Å². The fraction of sp³-hybridized carbons (Fsp3) is 0.182. The smallest absolute Gasteiger partial charge is 0.290 e. The second kappa shape index (κ2) is 5.11. The molecule has 0 saturated carbocycles. The number of pyridine rings is 1. The van der Waals surface area contributed by atoms with Gasteiger partial charge >= 0.3 is 0 Å². The molecule has 0 aliphatic heterocycles. The van der Waals surface area contributed by atoms with Gasteiger partial charge in [-0.15, -0.1) is 0 Å². The number of methoxy groups -OCH3 is 1. The molecular weight excluding hydrogens is 222 g/mol. The third-order valence-electron chi connectivity index (χ3n) is 2.10. The van der Waals surface area contributed by atoms with Crippen LogP contribution < -0.4 is 10.1 Å². The molecule has 0 bridgehead atoms. The summed E-state index contributed by atoms with van der Waals surface area (Å²) in [5, 5.41) is 6.22. The van der Waals surface area contributed by atoms with E-state index in [2.05, 4.69) is 15.5 Å². The highest BCUT2D eigenvalue weighted by atomic mass is 16.5. The molecular formula is C11H11N3O3. The summed E-state index contributed by atoms with van der Waals surface area (Å²) >= 11 is 0. The third-order valence-corrected chi connectivity index (χ3v) is 2.10. The Morgan fingerprint density at radius 1 is 1.59 bits per heavy atom. The van der Waals surface area contributed by atoms with Crippen LogP contribution in [0.3, 0.4) is 0 Å². The van der Waals surface area contributed by atoms with Crippen molar-refractivity contribution in [2.75, 3.05) is 7.11 Å². The number of amides is 1. The van der Waals surface area contributed by atoms with Crippen molar-refractivity contribution in [3.63, 3.8) is 0 Å². The van der Waals surface area contributed by atoms with E-state index < -0.39 is 0 Å². The molecule has 0 aliphatic carbocycles. The van der Waals surface area contributed by atoms with Gasteiger partial charge in [-0.25, -0.2) is 0 Å². The maximum Gasteiger partial charge on any atom is 0.290 e. The van der Waals surface area contributed by atoms with Crippen molar-refractivity contribution < 1.29 is 14.1 Å². The van der Waals surface area contributed by atoms with Gasteiger partial charge in [-0.2, -0.15) is 0 Å². The zero-order valence-corrected chi connectivity index (χ0v) is 9.21. The van der Waals surface area contributed by atoms with E-state index in [1.807, 2.05) is 6.07 Å². The Balaban J connectivity index is 1.93. The molecule has 6 heteroatoms. The van der Waals surface area contributed by atoms with Crippen molar-refractivity contribution >= 4 is 5.91 Å². The molecule has 0 atom stereocenters. The van der Waals surface area contributed by atoms with Crippen molar-refractivity contribution in [2.45, 2.75) is 6.54 Å². The van der Waals surface area contributed by atoms with Gasteiger partial charge in [0.15, 0.2) is 0 Å². The Labute approximate surface area is 97.6 Å². The van der Waals surface area contributed by atoms with E-state index in [1.165, 1.54) is 13.2 Å². The maximum atomic E-state index is 11.6. The SMILES string of the molecule is COc1cc(C(=O)NCc2cccnc2)on1. The van der Waals surface area contributed by atoms with Gasteiger partial charge in [0.05, 0.1) is 13.2 Å². The molecule has 6 nitrogen and oxygen atoms in total. The average molecular weight is 233 g/mol. The number of hydrogen-bond donors (Lipinski definition) is 1. The highest BCUT2D eigenvalue weighted by molar-refractivity contribution is 5.91. The molecule has 1 amide bonds. The number of rotatable bonds is 4. The van der Waals surface area contributed by atoms with E-state index in [0.717, 1.165) is 5.56 Å². The molecule has 2 aromatic rings. The molecule has 0 aliphatic rings. The van der Waals surface area contributed by atoms with E-state index in [1.54, 1.807) is 18.5 Å². The van der Waals surface area contributed by atoms with Crippen molar-refractivity contribution in [3.05, 3.63) is 41.9 Å². The molecule has 0 spiro atoms. The molecule has 2 aromatic heterocycles. The maximum absolute atomic E-state index is 11.6. The lowest BCUT2D eigenvalue weighted by Gasteiger charge is -2.01. The quantitative estimate of drug-likeness (QED) is 0.852. The van der Waals surface area contributed by atoms with E-state index in [4.69, 9.17) is 9.26 Å². The topological polar surface area (TPSA) is 77.2 Å². The summed E-state index contributed by atoms with van der Waals surface area (Å²) in [6.45, 7) is 0.385. The molecule has 1 N–H and O–H groups in total. The minimum atomic E-state index is -0.343. The summed E-state index contributed by atoms with van der Waals surface area (Å²) in [6, 6.07) is 5.10. The second-order valence-corrected chi connectivity index (χ2v) is 3.28. The van der Waals surface area contributed by atoms with E-state index in [-0.39, 0.29) is 17.5 Å². The Morgan fingerprint density at radius 2 is 2.47 bits per heavy atom. The first kappa shape index (κ1) is 11.1. The molecule has 17 heavy (non-hydrogen) atoms. The van der Waals surface area contributed by atoms with Crippen LogP contribution in [0.15, 0.2) is 35.1 Å². The van der Waals surface area contributed by atoms with Crippen LogP contribution in [-0.4, -0.2) is 23.2 Å². The number of nitrogens with zero attached hydrogens (tertiary/aromatic N) is 2. The van der Waals surface area contributed by atoms with Gasteiger partial charge < -0.3 is 14.6 Å². The molecule has 2 heterocycles. The molecule has 88 valence electrons. The van der Waals surface area contributed by atoms with Crippen LogP contribution in [-0.2, 0) is 6.54 Å². The largest absolute Gasteiger partial charge is 0.479 e. The zero-order chi connectivity index (χ0) is 12.1. The van der Waals surface area contributed by atoms with Gasteiger partial charge in [-0.1, -0.05) is 6.07 Å². The highest BCUT2D eigenvalue weighted by Gasteiger charge is 2.12. The fourth-order valence-corrected chi connectivity index (χ4v) is 1.23. The van der Waals surface area contributed by atoms with Crippen LogP contribution in [0.5, 0.6) is 5.88 Å². The standard InChI is InChI=1S/C11H11N3O3/c1-16-10-5-9(17-14-10)11(15)13-7-8-3-2-4-12-6-8/h2-6H,7H2,1H3,(H,13,15). The van der Waals surface area contributed by atoms with Crippen LogP contribution in [0.25, 0.3) is 0 Å². The average Bonchev–Trinajstić information content (AvgIpc) is 2.86. The molecule has 0 fully saturated rings. The first-order valence-corrected chi connectivity index (χ1v) is 4.97. The predicted molar refractivity (Wildman–Crippen MR) is 58.5 cm³/mol. The second-order valence-electron chi connectivity index (χ2n) is 3.28. The Morgan fingerprint density at radius 3 is 3.12 bits per heavy atom. The summed E-state index contributed by atoms with van der Waals surface area (Å²) in [5.41, 5.74) is 0.910. The normalized spacial score (nSPS) is 9.94. The monoisotopic (exact) mass is 233 g/mol. The zero-order valence-electron chi connectivity index (χ0n) is 9.21. The Hall–Kier alpha value is -2.37. The Bertz CT molecular complexity index is 496. The Kier molecular flexibility index (Phi) is 3.34. The summed E-state index contributed by atoms with van der Waals surface area (Å²) in [4.78, 5) is 15.6. The number of carbonyl (C=O) groups excluding carboxylic acids is 1. The number of ether oxygens (including phenoxy) is 1. The minimum Gasteiger partial charge on any atom is -0.479 e. The molecule has 0 unspecified atom stereocenters. The number of carbonyl (C=O) groups is 1. The highest BCUT2D eigenvalue weighted by Crippen LogP contribution is 2.10. The fourth-order valence-electron chi connectivity index (χ4n) is 1.23. The first-order chi connectivity index (χ1) is 8.29. The van der Waals surface area contributed by atoms with Crippen LogP contribution in [0.2, 0.25) is 0 Å². The molecule has 0 saturated heterocycles. The van der Waals surface area contributed by atoms with E-state index in [9.17, 15) is 4.79 Å². The predicted octanol–water partition coefficient (Wildman–Crippen LogP) is 1.01. The van der Waals surface area contributed by atoms with Gasteiger partial charge in [-0.3, -0.25) is 9.78 Å². The lowest BCUT2D eigenvalue weighted by molar-refractivity contribution is 0.0913. The third kappa shape index (κ3) is 2.81. The molecule has 0 aromatic carbocycles. The number of hydrogen-bond acceptors (Lipinski definition) is 5.